The molecule has 0 aromatic rings. The Bertz CT molecular complexity index is 301. The normalized spacial score (nSPS) is 32.5. The third-order valence-corrected chi connectivity index (χ3v) is 4.97. The van der Waals surface area contributed by atoms with E-state index in [1.54, 1.807) is 0 Å². The van der Waals surface area contributed by atoms with Gasteiger partial charge in [0.2, 0.25) is 5.91 Å². The number of nitrogens with zero attached hydrogens (tertiary/aromatic N) is 2. The number of aliphatic hydroxyl groups excluding tert-OH is 1. The van der Waals surface area contributed by atoms with Gasteiger partial charge < -0.3 is 14.9 Å². The van der Waals surface area contributed by atoms with E-state index in [0.717, 1.165) is 45.2 Å². The van der Waals surface area contributed by atoms with Gasteiger partial charge in [0.15, 0.2) is 0 Å². The zero-order valence-corrected chi connectivity index (χ0v) is 12.3. The first-order chi connectivity index (χ1) is 9.10. The van der Waals surface area contributed by atoms with Crippen LogP contribution in [0.1, 0.15) is 38.5 Å². The van der Waals surface area contributed by atoms with Gasteiger partial charge in [-0.25, -0.2) is 0 Å². The number of hydrogen-bond donors (Lipinski definition) is 1. The predicted octanol–water partition coefficient (Wildman–Crippen LogP) is 1.34. The quantitative estimate of drug-likeness (QED) is 0.837. The summed E-state index contributed by atoms with van der Waals surface area (Å²) < 4.78 is 0. The molecule has 1 aliphatic heterocycles. The Hall–Kier alpha value is -0.610. The lowest BCUT2D eigenvalue weighted by molar-refractivity contribution is -0.133. The van der Waals surface area contributed by atoms with Crippen LogP contribution in [-0.2, 0) is 4.79 Å². The van der Waals surface area contributed by atoms with Crippen LogP contribution in [0.15, 0.2) is 0 Å². The second-order valence-electron chi connectivity index (χ2n) is 6.48. The number of aliphatic hydroxyl groups is 1. The first-order valence-corrected chi connectivity index (χ1v) is 7.65. The maximum atomic E-state index is 12.3. The molecule has 2 fully saturated rings. The number of carbonyl (C=O) groups is 1. The number of rotatable bonds is 4. The smallest absolute Gasteiger partial charge is 0.222 e. The standard InChI is InChI=1S/C15H28N2O2/c1-16-8-7-13(10-16)9-15(19)17(2)14-5-3-12(11-18)4-6-14/h12-14,18H,3-11H2,1-2H3. The van der Waals surface area contributed by atoms with Gasteiger partial charge in [-0.2, -0.15) is 0 Å². The first-order valence-electron chi connectivity index (χ1n) is 7.65. The molecule has 2 aliphatic rings. The highest BCUT2D eigenvalue weighted by atomic mass is 16.3. The van der Waals surface area contributed by atoms with Gasteiger partial charge in [0.25, 0.3) is 0 Å². The molecule has 0 aromatic carbocycles. The Labute approximate surface area is 116 Å². The van der Waals surface area contributed by atoms with Gasteiger partial charge in [0.1, 0.15) is 0 Å². The topological polar surface area (TPSA) is 43.8 Å². The average Bonchev–Trinajstić information content (AvgIpc) is 2.83. The van der Waals surface area contributed by atoms with Gasteiger partial charge >= 0.3 is 0 Å². The van der Waals surface area contributed by atoms with Crippen molar-refractivity contribution in [1.82, 2.24) is 9.80 Å². The van der Waals surface area contributed by atoms with Crippen molar-refractivity contribution in [3.8, 4) is 0 Å². The molecule has 19 heavy (non-hydrogen) atoms. The molecule has 1 amide bonds. The van der Waals surface area contributed by atoms with Gasteiger partial charge in [0.05, 0.1) is 0 Å². The largest absolute Gasteiger partial charge is 0.396 e. The van der Waals surface area contributed by atoms with Crippen LogP contribution < -0.4 is 0 Å². The van der Waals surface area contributed by atoms with Crippen molar-refractivity contribution in [3.05, 3.63) is 0 Å². The first kappa shape index (κ1) is 14.8. The summed E-state index contributed by atoms with van der Waals surface area (Å²) in [5, 5.41) is 9.15. The molecule has 2 rings (SSSR count). The van der Waals surface area contributed by atoms with Crippen molar-refractivity contribution in [2.45, 2.75) is 44.6 Å². The summed E-state index contributed by atoms with van der Waals surface area (Å²) in [5.41, 5.74) is 0. The predicted molar refractivity (Wildman–Crippen MR) is 75.8 cm³/mol. The van der Waals surface area contributed by atoms with E-state index in [0.29, 0.717) is 36.8 Å². The molecule has 1 atom stereocenters. The minimum absolute atomic E-state index is 0.304. The summed E-state index contributed by atoms with van der Waals surface area (Å²) in [7, 11) is 4.09. The van der Waals surface area contributed by atoms with Crippen LogP contribution in [0.3, 0.4) is 0 Å². The highest BCUT2D eigenvalue weighted by Crippen LogP contribution is 2.28. The Morgan fingerprint density at radius 1 is 1.21 bits per heavy atom. The third kappa shape index (κ3) is 3.93. The van der Waals surface area contributed by atoms with E-state index in [1.165, 1.54) is 0 Å². The van der Waals surface area contributed by atoms with Crippen molar-refractivity contribution >= 4 is 5.91 Å². The summed E-state index contributed by atoms with van der Waals surface area (Å²) in [5.74, 6) is 1.32. The number of likely N-dealkylation sites (tertiary alicyclic amines) is 1. The van der Waals surface area contributed by atoms with Gasteiger partial charge in [0, 0.05) is 32.7 Å². The lowest BCUT2D eigenvalue weighted by Gasteiger charge is -2.34. The molecule has 0 radical (unpaired) electrons. The van der Waals surface area contributed by atoms with Crippen LogP contribution in [0.4, 0.5) is 0 Å². The molecule has 0 aromatic heterocycles. The van der Waals surface area contributed by atoms with Crippen LogP contribution in [0.5, 0.6) is 0 Å². The maximum Gasteiger partial charge on any atom is 0.222 e. The molecular formula is C15H28N2O2. The highest BCUT2D eigenvalue weighted by molar-refractivity contribution is 5.76. The average molecular weight is 268 g/mol. The van der Waals surface area contributed by atoms with Crippen LogP contribution in [0.25, 0.3) is 0 Å². The molecule has 1 unspecified atom stereocenters. The van der Waals surface area contributed by atoms with Crippen molar-refractivity contribution in [2.75, 3.05) is 33.8 Å². The zero-order valence-electron chi connectivity index (χ0n) is 12.3. The molecular weight excluding hydrogens is 240 g/mol. The van der Waals surface area contributed by atoms with Crippen molar-refractivity contribution in [2.24, 2.45) is 11.8 Å². The van der Waals surface area contributed by atoms with Crippen LogP contribution in [-0.4, -0.2) is 60.6 Å². The van der Waals surface area contributed by atoms with E-state index in [1.807, 2.05) is 11.9 Å². The number of hydrogen-bond acceptors (Lipinski definition) is 3. The van der Waals surface area contributed by atoms with E-state index >= 15 is 0 Å². The van der Waals surface area contributed by atoms with Crippen molar-refractivity contribution < 1.29 is 9.90 Å². The molecule has 110 valence electrons. The van der Waals surface area contributed by atoms with Crippen LogP contribution in [0, 0.1) is 11.8 Å². The molecule has 1 N–H and O–H groups in total. The SMILES string of the molecule is CN1CCC(CC(=O)N(C)C2CCC(CO)CC2)C1. The summed E-state index contributed by atoms with van der Waals surface area (Å²) in [6.45, 7) is 2.50. The van der Waals surface area contributed by atoms with E-state index in [-0.39, 0.29) is 0 Å². The van der Waals surface area contributed by atoms with Crippen molar-refractivity contribution in [3.63, 3.8) is 0 Å². The van der Waals surface area contributed by atoms with E-state index in [2.05, 4.69) is 11.9 Å². The molecule has 1 heterocycles. The van der Waals surface area contributed by atoms with Gasteiger partial charge in [-0.3, -0.25) is 4.79 Å². The van der Waals surface area contributed by atoms with E-state index < -0.39 is 0 Å². The minimum Gasteiger partial charge on any atom is -0.396 e. The van der Waals surface area contributed by atoms with Crippen LogP contribution >= 0.6 is 0 Å². The lowest BCUT2D eigenvalue weighted by Crippen LogP contribution is -2.40. The molecule has 0 bridgehead atoms. The lowest BCUT2D eigenvalue weighted by atomic mass is 9.86. The fraction of sp³-hybridized carbons (Fsp3) is 0.933. The van der Waals surface area contributed by atoms with E-state index in [9.17, 15) is 4.79 Å². The summed E-state index contributed by atoms with van der Waals surface area (Å²) >= 11 is 0. The molecule has 4 heteroatoms. The maximum absolute atomic E-state index is 12.3. The van der Waals surface area contributed by atoms with Gasteiger partial charge in [-0.1, -0.05) is 0 Å². The van der Waals surface area contributed by atoms with Gasteiger partial charge in [-0.05, 0) is 57.5 Å². The minimum atomic E-state index is 0.304. The molecule has 1 saturated heterocycles. The molecule has 4 nitrogen and oxygen atoms in total. The van der Waals surface area contributed by atoms with Crippen molar-refractivity contribution in [1.29, 1.82) is 0 Å². The molecule has 0 spiro atoms. The molecule has 1 saturated carbocycles. The fourth-order valence-electron chi connectivity index (χ4n) is 3.50. The zero-order chi connectivity index (χ0) is 13.8. The second-order valence-corrected chi connectivity index (χ2v) is 6.48. The fourth-order valence-corrected chi connectivity index (χ4v) is 3.50. The third-order valence-electron chi connectivity index (χ3n) is 4.97. The van der Waals surface area contributed by atoms with E-state index in [4.69, 9.17) is 5.11 Å². The van der Waals surface area contributed by atoms with Crippen LogP contribution in [0.2, 0.25) is 0 Å². The molecule has 1 aliphatic carbocycles. The highest BCUT2D eigenvalue weighted by Gasteiger charge is 2.28. The Kier molecular flexibility index (Phi) is 5.22. The summed E-state index contributed by atoms with van der Waals surface area (Å²) in [4.78, 5) is 16.6. The monoisotopic (exact) mass is 268 g/mol. The van der Waals surface area contributed by atoms with Gasteiger partial charge in [-0.15, -0.1) is 0 Å². The second kappa shape index (κ2) is 6.71. The Morgan fingerprint density at radius 2 is 1.89 bits per heavy atom. The Balaban J connectivity index is 1.76. The number of amides is 1. The number of carbonyl (C=O) groups excluding carboxylic acids is 1. The Morgan fingerprint density at radius 3 is 2.42 bits per heavy atom. The summed E-state index contributed by atoms with van der Waals surface area (Å²) in [6.07, 6.45) is 6.10. The summed E-state index contributed by atoms with van der Waals surface area (Å²) in [6, 6.07) is 0.398.